The lowest BCUT2D eigenvalue weighted by atomic mass is 9.74. The second-order valence-electron chi connectivity index (χ2n) is 5.02. The number of thiophene rings is 1. The number of benzene rings is 1. The second kappa shape index (κ2) is 4.84. The van der Waals surface area contributed by atoms with Gasteiger partial charge in [-0.1, -0.05) is 24.3 Å². The summed E-state index contributed by atoms with van der Waals surface area (Å²) in [6.45, 7) is 2.16. The molecule has 0 spiro atoms. The monoisotopic (exact) mass is 258 g/mol. The van der Waals surface area contributed by atoms with Crippen LogP contribution in [-0.2, 0) is 6.42 Å². The van der Waals surface area contributed by atoms with Crippen LogP contribution in [0.25, 0.3) is 0 Å². The van der Waals surface area contributed by atoms with Crippen LogP contribution in [-0.4, -0.2) is 0 Å². The molecule has 2 atom stereocenters. The van der Waals surface area contributed by atoms with E-state index in [0.29, 0.717) is 5.92 Å². The van der Waals surface area contributed by atoms with Crippen LogP contribution in [0.15, 0.2) is 35.7 Å². The number of nitrogens with two attached hydrogens (primary N) is 1. The summed E-state index contributed by atoms with van der Waals surface area (Å²) >= 11 is 1.80. The lowest BCUT2D eigenvalue weighted by Crippen LogP contribution is -2.31. The molecule has 94 valence electrons. The van der Waals surface area contributed by atoms with Gasteiger partial charge < -0.3 is 0 Å². The van der Waals surface area contributed by atoms with Crippen LogP contribution in [0.4, 0.5) is 0 Å². The van der Waals surface area contributed by atoms with Crippen molar-refractivity contribution in [2.75, 3.05) is 0 Å². The SMILES string of the molecule is Cc1ccsc1C(CC1Cc2ccccc21)NN. The topological polar surface area (TPSA) is 38.0 Å². The quantitative estimate of drug-likeness (QED) is 0.652. The second-order valence-corrected chi connectivity index (χ2v) is 5.97. The number of nitrogens with one attached hydrogen (secondary N) is 1. The molecule has 3 rings (SSSR count). The van der Waals surface area contributed by atoms with Crippen molar-refractivity contribution in [2.45, 2.75) is 31.7 Å². The lowest BCUT2D eigenvalue weighted by molar-refractivity contribution is 0.439. The number of hydrazine groups is 1. The van der Waals surface area contributed by atoms with Gasteiger partial charge in [0.05, 0.1) is 6.04 Å². The Hall–Kier alpha value is -1.16. The normalized spacial score (nSPS) is 19.1. The minimum absolute atomic E-state index is 0.281. The van der Waals surface area contributed by atoms with E-state index in [1.165, 1.54) is 28.0 Å². The number of aryl methyl sites for hydroxylation is 1. The third-order valence-corrected chi connectivity index (χ3v) is 5.03. The summed E-state index contributed by atoms with van der Waals surface area (Å²) in [5, 5.41) is 2.14. The van der Waals surface area contributed by atoms with E-state index in [1.807, 2.05) is 0 Å². The molecule has 1 aliphatic rings. The number of hydrogen-bond acceptors (Lipinski definition) is 3. The summed E-state index contributed by atoms with van der Waals surface area (Å²) < 4.78 is 0. The molecule has 1 heterocycles. The summed E-state index contributed by atoms with van der Waals surface area (Å²) in [5.74, 6) is 6.39. The fourth-order valence-electron chi connectivity index (χ4n) is 2.85. The molecule has 3 heteroatoms. The van der Waals surface area contributed by atoms with Gasteiger partial charge in [-0.05, 0) is 53.8 Å². The molecular weight excluding hydrogens is 240 g/mol. The third kappa shape index (κ3) is 1.99. The minimum atomic E-state index is 0.281. The van der Waals surface area contributed by atoms with Gasteiger partial charge in [0.1, 0.15) is 0 Å². The van der Waals surface area contributed by atoms with Gasteiger partial charge in [-0.2, -0.15) is 0 Å². The number of hydrogen-bond donors (Lipinski definition) is 2. The molecule has 0 bridgehead atoms. The van der Waals surface area contributed by atoms with E-state index in [2.05, 4.69) is 48.1 Å². The predicted octanol–water partition coefficient (Wildman–Crippen LogP) is 3.29. The zero-order valence-electron chi connectivity index (χ0n) is 10.5. The molecule has 0 aliphatic heterocycles. The number of rotatable bonds is 4. The summed E-state index contributed by atoms with van der Waals surface area (Å²) in [4.78, 5) is 1.38. The first-order valence-corrected chi connectivity index (χ1v) is 7.25. The molecular formula is C15H18N2S. The van der Waals surface area contributed by atoms with Crippen molar-refractivity contribution in [3.05, 3.63) is 57.3 Å². The van der Waals surface area contributed by atoms with Crippen molar-refractivity contribution in [3.8, 4) is 0 Å². The van der Waals surface area contributed by atoms with Gasteiger partial charge in [-0.25, -0.2) is 0 Å². The first-order valence-electron chi connectivity index (χ1n) is 6.37. The van der Waals surface area contributed by atoms with E-state index < -0.39 is 0 Å². The van der Waals surface area contributed by atoms with E-state index >= 15 is 0 Å². The molecule has 1 aliphatic carbocycles. The van der Waals surface area contributed by atoms with Crippen LogP contribution in [0.3, 0.4) is 0 Å². The lowest BCUT2D eigenvalue weighted by Gasteiger charge is -2.32. The van der Waals surface area contributed by atoms with Crippen molar-refractivity contribution in [1.82, 2.24) is 5.43 Å². The van der Waals surface area contributed by atoms with Crippen LogP contribution in [0.5, 0.6) is 0 Å². The number of fused-ring (bicyclic) bond motifs is 1. The molecule has 0 amide bonds. The fourth-order valence-corrected chi connectivity index (χ4v) is 3.85. The van der Waals surface area contributed by atoms with Crippen molar-refractivity contribution < 1.29 is 0 Å². The van der Waals surface area contributed by atoms with Crippen molar-refractivity contribution in [3.63, 3.8) is 0 Å². The Kier molecular flexibility index (Phi) is 3.20. The Labute approximate surface area is 112 Å². The molecule has 0 radical (unpaired) electrons. The van der Waals surface area contributed by atoms with Crippen LogP contribution in [0.1, 0.15) is 39.9 Å². The molecule has 0 saturated heterocycles. The van der Waals surface area contributed by atoms with Gasteiger partial charge in [0.25, 0.3) is 0 Å². The van der Waals surface area contributed by atoms with Gasteiger partial charge in [-0.15, -0.1) is 11.3 Å². The Morgan fingerprint density at radius 1 is 1.39 bits per heavy atom. The van der Waals surface area contributed by atoms with Gasteiger partial charge in [0.2, 0.25) is 0 Å². The molecule has 2 aromatic rings. The van der Waals surface area contributed by atoms with Gasteiger partial charge in [0.15, 0.2) is 0 Å². The molecule has 2 unspecified atom stereocenters. The molecule has 1 aromatic heterocycles. The summed E-state index contributed by atoms with van der Waals surface area (Å²) in [7, 11) is 0. The van der Waals surface area contributed by atoms with Crippen molar-refractivity contribution in [2.24, 2.45) is 5.84 Å². The highest BCUT2D eigenvalue weighted by Crippen LogP contribution is 2.41. The minimum Gasteiger partial charge on any atom is -0.271 e. The first-order chi connectivity index (χ1) is 8.79. The zero-order valence-corrected chi connectivity index (χ0v) is 11.3. The molecule has 0 saturated carbocycles. The maximum absolute atomic E-state index is 5.74. The Balaban J connectivity index is 1.76. The Morgan fingerprint density at radius 3 is 2.89 bits per heavy atom. The standard InChI is InChI=1S/C15H18N2S/c1-10-6-7-18-15(10)14(17-16)9-12-8-11-4-2-3-5-13(11)12/h2-7,12,14,17H,8-9,16H2,1H3. The van der Waals surface area contributed by atoms with Crippen LogP contribution < -0.4 is 11.3 Å². The van der Waals surface area contributed by atoms with E-state index in [0.717, 1.165) is 6.42 Å². The van der Waals surface area contributed by atoms with Gasteiger partial charge in [-0.3, -0.25) is 11.3 Å². The molecule has 0 fully saturated rings. The van der Waals surface area contributed by atoms with Gasteiger partial charge >= 0.3 is 0 Å². The maximum atomic E-state index is 5.74. The van der Waals surface area contributed by atoms with Gasteiger partial charge in [0, 0.05) is 4.88 Å². The summed E-state index contributed by atoms with van der Waals surface area (Å²) in [6.07, 6.45) is 2.29. The summed E-state index contributed by atoms with van der Waals surface area (Å²) in [6, 6.07) is 11.2. The van der Waals surface area contributed by atoms with E-state index in [1.54, 1.807) is 11.3 Å². The van der Waals surface area contributed by atoms with E-state index in [4.69, 9.17) is 5.84 Å². The highest BCUT2D eigenvalue weighted by Gasteiger charge is 2.29. The maximum Gasteiger partial charge on any atom is 0.0561 e. The predicted molar refractivity (Wildman–Crippen MR) is 76.6 cm³/mol. The zero-order chi connectivity index (χ0) is 12.5. The smallest absolute Gasteiger partial charge is 0.0561 e. The molecule has 1 aromatic carbocycles. The third-order valence-electron chi connectivity index (χ3n) is 3.90. The molecule has 2 nitrogen and oxygen atoms in total. The molecule has 18 heavy (non-hydrogen) atoms. The molecule has 3 N–H and O–H groups in total. The average molecular weight is 258 g/mol. The Morgan fingerprint density at radius 2 is 2.22 bits per heavy atom. The largest absolute Gasteiger partial charge is 0.271 e. The average Bonchev–Trinajstić information content (AvgIpc) is 2.77. The Bertz CT molecular complexity index is 547. The van der Waals surface area contributed by atoms with Crippen molar-refractivity contribution in [1.29, 1.82) is 0 Å². The highest BCUT2D eigenvalue weighted by atomic mass is 32.1. The summed E-state index contributed by atoms with van der Waals surface area (Å²) in [5.41, 5.74) is 7.34. The van der Waals surface area contributed by atoms with E-state index in [9.17, 15) is 0 Å². The van der Waals surface area contributed by atoms with Crippen LogP contribution in [0.2, 0.25) is 0 Å². The fraction of sp³-hybridized carbons (Fsp3) is 0.333. The first kappa shape index (κ1) is 11.9. The van der Waals surface area contributed by atoms with Crippen molar-refractivity contribution >= 4 is 11.3 Å². The van der Waals surface area contributed by atoms with Crippen LogP contribution in [0, 0.1) is 6.92 Å². The highest BCUT2D eigenvalue weighted by molar-refractivity contribution is 7.10. The van der Waals surface area contributed by atoms with E-state index in [-0.39, 0.29) is 6.04 Å². The van der Waals surface area contributed by atoms with Crippen LogP contribution >= 0.6 is 11.3 Å².